The lowest BCUT2D eigenvalue weighted by molar-refractivity contribution is 0.0388. The predicted molar refractivity (Wildman–Crippen MR) is 78.5 cm³/mol. The number of likely N-dealkylation sites (tertiary alicyclic amines) is 1. The van der Waals surface area contributed by atoms with E-state index in [4.69, 9.17) is 5.73 Å². The molecule has 2 nitrogen and oxygen atoms in total. The zero-order valence-corrected chi connectivity index (χ0v) is 12.6. The van der Waals surface area contributed by atoms with Gasteiger partial charge in [0.25, 0.3) is 0 Å². The van der Waals surface area contributed by atoms with Crippen molar-refractivity contribution in [2.45, 2.75) is 71.4 Å². The highest BCUT2D eigenvalue weighted by Gasteiger charge is 2.34. The van der Waals surface area contributed by atoms with Crippen molar-refractivity contribution in [2.75, 3.05) is 13.1 Å². The molecule has 4 unspecified atom stereocenters. The summed E-state index contributed by atoms with van der Waals surface area (Å²) in [5, 5.41) is 0. The van der Waals surface area contributed by atoms with Crippen LogP contribution in [0.15, 0.2) is 0 Å². The molecule has 2 N–H and O–H groups in total. The SMILES string of the molecule is CC1CCN(C2CCCC(C(C)C)C2)C(CN)C1. The molecule has 4 atom stereocenters. The highest BCUT2D eigenvalue weighted by atomic mass is 15.2. The normalized spacial score (nSPS) is 39.2. The Kier molecular flexibility index (Phi) is 5.08. The van der Waals surface area contributed by atoms with Crippen molar-refractivity contribution in [3.8, 4) is 0 Å². The van der Waals surface area contributed by atoms with Gasteiger partial charge in [0.2, 0.25) is 0 Å². The second kappa shape index (κ2) is 6.38. The van der Waals surface area contributed by atoms with Crippen molar-refractivity contribution in [2.24, 2.45) is 23.5 Å². The van der Waals surface area contributed by atoms with E-state index < -0.39 is 0 Å². The van der Waals surface area contributed by atoms with Crippen LogP contribution in [0, 0.1) is 17.8 Å². The second-order valence-corrected chi connectivity index (χ2v) is 7.08. The molecule has 0 amide bonds. The predicted octanol–water partition coefficient (Wildman–Crippen LogP) is 3.26. The minimum atomic E-state index is 0.657. The zero-order chi connectivity index (χ0) is 13.1. The van der Waals surface area contributed by atoms with Crippen LogP contribution in [0.4, 0.5) is 0 Å². The Morgan fingerprint density at radius 3 is 2.61 bits per heavy atom. The number of rotatable bonds is 3. The summed E-state index contributed by atoms with van der Waals surface area (Å²) < 4.78 is 0. The summed E-state index contributed by atoms with van der Waals surface area (Å²) >= 11 is 0. The summed E-state index contributed by atoms with van der Waals surface area (Å²) in [4.78, 5) is 2.77. The molecule has 2 fully saturated rings. The topological polar surface area (TPSA) is 29.3 Å². The molecule has 106 valence electrons. The molecular formula is C16H32N2. The molecule has 0 aromatic rings. The zero-order valence-electron chi connectivity index (χ0n) is 12.6. The van der Waals surface area contributed by atoms with Gasteiger partial charge in [0, 0.05) is 18.6 Å². The molecule has 1 aliphatic carbocycles. The van der Waals surface area contributed by atoms with Gasteiger partial charge in [-0.3, -0.25) is 4.90 Å². The Balaban J connectivity index is 1.96. The Labute approximate surface area is 113 Å². The highest BCUT2D eigenvalue weighted by molar-refractivity contribution is 4.89. The molecule has 18 heavy (non-hydrogen) atoms. The lowest BCUT2D eigenvalue weighted by Crippen LogP contribution is -2.52. The smallest absolute Gasteiger partial charge is 0.0223 e. The van der Waals surface area contributed by atoms with Crippen molar-refractivity contribution < 1.29 is 0 Å². The summed E-state index contributed by atoms with van der Waals surface area (Å²) in [6, 6.07) is 1.48. The van der Waals surface area contributed by atoms with E-state index >= 15 is 0 Å². The highest BCUT2D eigenvalue weighted by Crippen LogP contribution is 2.35. The average Bonchev–Trinajstić information content (AvgIpc) is 2.38. The van der Waals surface area contributed by atoms with Crippen LogP contribution in [0.25, 0.3) is 0 Å². The average molecular weight is 252 g/mol. The third-order valence-corrected chi connectivity index (χ3v) is 5.39. The Bertz CT molecular complexity index is 251. The van der Waals surface area contributed by atoms with Crippen LogP contribution in [0.1, 0.15) is 59.3 Å². The van der Waals surface area contributed by atoms with Crippen molar-refractivity contribution in [3.63, 3.8) is 0 Å². The van der Waals surface area contributed by atoms with Gasteiger partial charge >= 0.3 is 0 Å². The van der Waals surface area contributed by atoms with Crippen molar-refractivity contribution in [3.05, 3.63) is 0 Å². The standard InChI is InChI=1S/C16H32N2/c1-12(2)14-5-4-6-15(10-14)18-8-7-13(3)9-16(18)11-17/h12-16H,4-11,17H2,1-3H3. The number of hydrogen-bond acceptors (Lipinski definition) is 2. The van der Waals surface area contributed by atoms with E-state index in [9.17, 15) is 0 Å². The number of piperidine rings is 1. The van der Waals surface area contributed by atoms with Gasteiger partial charge in [-0.05, 0) is 50.0 Å². The van der Waals surface area contributed by atoms with Gasteiger partial charge in [-0.25, -0.2) is 0 Å². The first-order chi connectivity index (χ1) is 8.61. The van der Waals surface area contributed by atoms with Gasteiger partial charge < -0.3 is 5.73 Å². The van der Waals surface area contributed by atoms with Gasteiger partial charge in [0.15, 0.2) is 0 Å². The molecular weight excluding hydrogens is 220 g/mol. The van der Waals surface area contributed by atoms with Crippen LogP contribution in [0.2, 0.25) is 0 Å². The Morgan fingerprint density at radius 2 is 1.94 bits per heavy atom. The molecule has 2 rings (SSSR count). The second-order valence-electron chi connectivity index (χ2n) is 7.08. The van der Waals surface area contributed by atoms with E-state index in [0.717, 1.165) is 30.3 Å². The molecule has 2 heteroatoms. The summed E-state index contributed by atoms with van der Waals surface area (Å²) in [5.74, 6) is 2.67. The van der Waals surface area contributed by atoms with Crippen molar-refractivity contribution in [1.82, 2.24) is 4.90 Å². The molecule has 0 aromatic carbocycles. The molecule has 1 heterocycles. The van der Waals surface area contributed by atoms with Crippen LogP contribution < -0.4 is 5.73 Å². The van der Waals surface area contributed by atoms with E-state index in [1.807, 2.05) is 0 Å². The molecule has 0 spiro atoms. The van der Waals surface area contributed by atoms with Crippen LogP contribution in [-0.4, -0.2) is 30.1 Å². The molecule has 0 bridgehead atoms. The van der Waals surface area contributed by atoms with Gasteiger partial charge in [0.05, 0.1) is 0 Å². The fraction of sp³-hybridized carbons (Fsp3) is 1.00. The molecule has 1 saturated carbocycles. The first kappa shape index (κ1) is 14.3. The fourth-order valence-electron chi connectivity index (χ4n) is 4.09. The first-order valence-electron chi connectivity index (χ1n) is 8.07. The maximum Gasteiger partial charge on any atom is 0.0223 e. The van der Waals surface area contributed by atoms with E-state index in [1.54, 1.807) is 0 Å². The number of hydrogen-bond donors (Lipinski definition) is 1. The lowest BCUT2D eigenvalue weighted by Gasteiger charge is -2.46. The summed E-state index contributed by atoms with van der Waals surface area (Å²) in [6.45, 7) is 9.32. The minimum absolute atomic E-state index is 0.657. The van der Waals surface area contributed by atoms with E-state index in [2.05, 4.69) is 25.7 Å². The number of nitrogens with two attached hydrogens (primary N) is 1. The van der Waals surface area contributed by atoms with Gasteiger partial charge in [-0.1, -0.05) is 33.6 Å². The molecule has 1 aliphatic heterocycles. The third kappa shape index (κ3) is 3.27. The monoisotopic (exact) mass is 252 g/mol. The van der Waals surface area contributed by atoms with E-state index in [0.29, 0.717) is 6.04 Å². The maximum absolute atomic E-state index is 6.02. The summed E-state index contributed by atoms with van der Waals surface area (Å²) in [7, 11) is 0. The Hall–Kier alpha value is -0.0800. The van der Waals surface area contributed by atoms with Gasteiger partial charge in [-0.15, -0.1) is 0 Å². The van der Waals surface area contributed by atoms with Crippen LogP contribution in [-0.2, 0) is 0 Å². The molecule has 1 saturated heterocycles. The van der Waals surface area contributed by atoms with E-state index in [-0.39, 0.29) is 0 Å². The lowest BCUT2D eigenvalue weighted by atomic mass is 9.77. The fourth-order valence-corrected chi connectivity index (χ4v) is 4.09. The molecule has 0 aromatic heterocycles. The largest absolute Gasteiger partial charge is 0.329 e. The van der Waals surface area contributed by atoms with Crippen LogP contribution >= 0.6 is 0 Å². The van der Waals surface area contributed by atoms with Gasteiger partial charge in [-0.2, -0.15) is 0 Å². The summed E-state index contributed by atoms with van der Waals surface area (Å²) in [6.07, 6.45) is 8.40. The molecule has 2 aliphatic rings. The quantitative estimate of drug-likeness (QED) is 0.835. The summed E-state index contributed by atoms with van der Waals surface area (Å²) in [5.41, 5.74) is 6.02. The van der Waals surface area contributed by atoms with Crippen LogP contribution in [0.3, 0.4) is 0 Å². The number of nitrogens with zero attached hydrogens (tertiary/aromatic N) is 1. The van der Waals surface area contributed by atoms with Gasteiger partial charge in [0.1, 0.15) is 0 Å². The third-order valence-electron chi connectivity index (χ3n) is 5.39. The van der Waals surface area contributed by atoms with Crippen molar-refractivity contribution >= 4 is 0 Å². The molecule has 0 radical (unpaired) electrons. The Morgan fingerprint density at radius 1 is 1.17 bits per heavy atom. The van der Waals surface area contributed by atoms with E-state index in [1.165, 1.54) is 45.1 Å². The maximum atomic E-state index is 6.02. The minimum Gasteiger partial charge on any atom is -0.329 e. The first-order valence-corrected chi connectivity index (χ1v) is 8.07. The van der Waals surface area contributed by atoms with Crippen LogP contribution in [0.5, 0.6) is 0 Å². The van der Waals surface area contributed by atoms with Crippen molar-refractivity contribution in [1.29, 1.82) is 0 Å².